The number of amides is 1. The third-order valence-corrected chi connectivity index (χ3v) is 4.78. The fraction of sp³-hybridized carbons (Fsp3) is 0.588. The van der Waals surface area contributed by atoms with Crippen LogP contribution in [0.4, 0.5) is 5.69 Å². The van der Waals surface area contributed by atoms with Gasteiger partial charge in [-0.2, -0.15) is 0 Å². The van der Waals surface area contributed by atoms with Gasteiger partial charge in [0.05, 0.1) is 0 Å². The maximum absolute atomic E-state index is 12.2. The van der Waals surface area contributed by atoms with Gasteiger partial charge in [0.2, 0.25) is 0 Å². The van der Waals surface area contributed by atoms with Crippen molar-refractivity contribution in [2.45, 2.75) is 38.1 Å². The number of benzene rings is 1. The van der Waals surface area contributed by atoms with Crippen molar-refractivity contribution >= 4 is 11.6 Å². The van der Waals surface area contributed by atoms with Crippen LogP contribution in [0.2, 0.25) is 0 Å². The Bertz CT molecular complexity index is 509. The molecular formula is C17H25N3O. The van der Waals surface area contributed by atoms with E-state index >= 15 is 0 Å². The van der Waals surface area contributed by atoms with Gasteiger partial charge in [0.1, 0.15) is 0 Å². The summed E-state index contributed by atoms with van der Waals surface area (Å²) in [6.45, 7) is 2.63. The summed E-state index contributed by atoms with van der Waals surface area (Å²) in [4.78, 5) is 14.6. The Labute approximate surface area is 126 Å². The van der Waals surface area contributed by atoms with Gasteiger partial charge < -0.3 is 15.5 Å². The summed E-state index contributed by atoms with van der Waals surface area (Å²) in [6, 6.07) is 6.68. The van der Waals surface area contributed by atoms with E-state index in [1.807, 2.05) is 12.1 Å². The highest BCUT2D eigenvalue weighted by Gasteiger charge is 2.19. The highest BCUT2D eigenvalue weighted by Crippen LogP contribution is 2.23. The van der Waals surface area contributed by atoms with E-state index in [1.54, 1.807) is 0 Å². The quantitative estimate of drug-likeness (QED) is 0.873. The van der Waals surface area contributed by atoms with E-state index in [0.717, 1.165) is 37.3 Å². The minimum Gasteiger partial charge on any atom is -0.384 e. The molecule has 0 unspecified atom stereocenters. The summed E-state index contributed by atoms with van der Waals surface area (Å²) in [6.07, 6.45) is 6.37. The fourth-order valence-electron chi connectivity index (χ4n) is 3.41. The third kappa shape index (κ3) is 3.38. The average Bonchev–Trinajstić information content (AvgIpc) is 3.17. The van der Waals surface area contributed by atoms with Gasteiger partial charge in [0, 0.05) is 36.9 Å². The highest BCUT2D eigenvalue weighted by atomic mass is 16.1. The first-order chi connectivity index (χ1) is 10.2. The molecule has 1 fully saturated rings. The van der Waals surface area contributed by atoms with Gasteiger partial charge in [-0.25, -0.2) is 0 Å². The Morgan fingerprint density at radius 1 is 1.38 bits per heavy atom. The number of likely N-dealkylation sites (N-methyl/N-ethyl adjacent to an activating group) is 1. The van der Waals surface area contributed by atoms with E-state index in [0.29, 0.717) is 6.04 Å². The summed E-state index contributed by atoms with van der Waals surface area (Å²) >= 11 is 0. The molecular weight excluding hydrogens is 262 g/mol. The minimum absolute atomic E-state index is 0.0336. The van der Waals surface area contributed by atoms with Gasteiger partial charge in [0.15, 0.2) is 0 Å². The number of carbonyl (C=O) groups excluding carboxylic acids is 1. The molecule has 0 spiro atoms. The van der Waals surface area contributed by atoms with E-state index in [-0.39, 0.29) is 5.91 Å². The molecule has 3 rings (SSSR count). The number of nitrogens with zero attached hydrogens (tertiary/aromatic N) is 1. The van der Waals surface area contributed by atoms with Crippen LogP contribution in [-0.4, -0.2) is 43.5 Å². The van der Waals surface area contributed by atoms with E-state index in [1.165, 1.54) is 31.2 Å². The molecule has 1 heterocycles. The molecule has 0 bridgehead atoms. The molecule has 1 saturated carbocycles. The van der Waals surface area contributed by atoms with Crippen LogP contribution >= 0.6 is 0 Å². The Morgan fingerprint density at radius 3 is 3.00 bits per heavy atom. The molecule has 1 aromatic carbocycles. The highest BCUT2D eigenvalue weighted by molar-refractivity contribution is 5.95. The van der Waals surface area contributed by atoms with Crippen LogP contribution in [0.15, 0.2) is 18.2 Å². The van der Waals surface area contributed by atoms with Crippen molar-refractivity contribution < 1.29 is 4.79 Å². The number of nitrogens with one attached hydrogen (secondary N) is 2. The number of fused-ring (bicyclic) bond motifs is 1. The van der Waals surface area contributed by atoms with E-state index in [2.05, 4.69) is 28.6 Å². The van der Waals surface area contributed by atoms with Crippen molar-refractivity contribution in [2.75, 3.05) is 32.0 Å². The molecule has 1 amide bonds. The maximum atomic E-state index is 12.2. The predicted molar refractivity (Wildman–Crippen MR) is 85.9 cm³/mol. The zero-order valence-corrected chi connectivity index (χ0v) is 12.8. The summed E-state index contributed by atoms with van der Waals surface area (Å²) in [5, 5.41) is 6.35. The van der Waals surface area contributed by atoms with Crippen LogP contribution < -0.4 is 10.6 Å². The lowest BCUT2D eigenvalue weighted by Crippen LogP contribution is -2.37. The number of hydrogen-bond acceptors (Lipinski definition) is 3. The van der Waals surface area contributed by atoms with Crippen LogP contribution in [0.5, 0.6) is 0 Å². The number of rotatable bonds is 5. The molecule has 2 N–H and O–H groups in total. The first-order valence-electron chi connectivity index (χ1n) is 8.09. The zero-order chi connectivity index (χ0) is 14.7. The van der Waals surface area contributed by atoms with Gasteiger partial charge in [-0.15, -0.1) is 0 Å². The zero-order valence-electron chi connectivity index (χ0n) is 12.8. The molecule has 2 aliphatic rings. The van der Waals surface area contributed by atoms with Crippen molar-refractivity contribution in [3.8, 4) is 0 Å². The summed E-state index contributed by atoms with van der Waals surface area (Å²) < 4.78 is 0. The Hall–Kier alpha value is -1.55. The van der Waals surface area contributed by atoms with E-state index in [9.17, 15) is 4.79 Å². The second-order valence-corrected chi connectivity index (χ2v) is 6.22. The molecule has 21 heavy (non-hydrogen) atoms. The van der Waals surface area contributed by atoms with Crippen molar-refractivity contribution in [1.82, 2.24) is 10.2 Å². The van der Waals surface area contributed by atoms with Crippen LogP contribution in [0.3, 0.4) is 0 Å². The van der Waals surface area contributed by atoms with Crippen LogP contribution in [0, 0.1) is 0 Å². The van der Waals surface area contributed by atoms with Crippen LogP contribution in [0.25, 0.3) is 0 Å². The van der Waals surface area contributed by atoms with Crippen molar-refractivity contribution in [2.24, 2.45) is 0 Å². The average molecular weight is 287 g/mol. The summed E-state index contributed by atoms with van der Waals surface area (Å²) in [7, 11) is 2.17. The predicted octanol–water partition coefficient (Wildman–Crippen LogP) is 2.26. The minimum atomic E-state index is 0.0336. The monoisotopic (exact) mass is 287 g/mol. The number of carbonyl (C=O) groups is 1. The van der Waals surface area contributed by atoms with Crippen molar-refractivity contribution in [3.05, 3.63) is 29.3 Å². The molecule has 1 aliphatic heterocycles. The normalized spacial score (nSPS) is 17.8. The lowest BCUT2D eigenvalue weighted by molar-refractivity contribution is 0.0947. The fourth-order valence-corrected chi connectivity index (χ4v) is 3.41. The Balaban J connectivity index is 1.47. The van der Waals surface area contributed by atoms with E-state index < -0.39 is 0 Å². The van der Waals surface area contributed by atoms with Crippen molar-refractivity contribution in [3.63, 3.8) is 0 Å². The second kappa shape index (κ2) is 6.48. The van der Waals surface area contributed by atoms with Gasteiger partial charge in [-0.1, -0.05) is 18.9 Å². The molecule has 0 saturated heterocycles. The molecule has 4 heteroatoms. The SMILES string of the molecule is CN(CCNC(=O)c1ccc2c(c1)NCC2)C1CCCC1. The Morgan fingerprint density at radius 2 is 2.19 bits per heavy atom. The lowest BCUT2D eigenvalue weighted by atomic mass is 10.1. The molecule has 0 radical (unpaired) electrons. The standard InChI is InChI=1S/C17H25N3O/c1-20(15-4-2-3-5-15)11-10-19-17(21)14-7-6-13-8-9-18-16(13)12-14/h6-7,12,15,18H,2-5,8-11H2,1H3,(H,19,21). The molecule has 4 nitrogen and oxygen atoms in total. The molecule has 0 atom stereocenters. The molecule has 1 aliphatic carbocycles. The topological polar surface area (TPSA) is 44.4 Å². The lowest BCUT2D eigenvalue weighted by Gasteiger charge is -2.23. The first kappa shape index (κ1) is 14.4. The Kier molecular flexibility index (Phi) is 4.44. The molecule has 0 aromatic heterocycles. The van der Waals surface area contributed by atoms with Gasteiger partial charge in [0.25, 0.3) is 5.91 Å². The van der Waals surface area contributed by atoms with E-state index in [4.69, 9.17) is 0 Å². The summed E-state index contributed by atoms with van der Waals surface area (Å²) in [5.41, 5.74) is 3.19. The third-order valence-electron chi connectivity index (χ3n) is 4.78. The van der Waals surface area contributed by atoms with Gasteiger partial charge >= 0.3 is 0 Å². The summed E-state index contributed by atoms with van der Waals surface area (Å²) in [5.74, 6) is 0.0336. The van der Waals surface area contributed by atoms with Gasteiger partial charge in [-0.05, 0) is 44.0 Å². The largest absolute Gasteiger partial charge is 0.384 e. The van der Waals surface area contributed by atoms with Gasteiger partial charge in [-0.3, -0.25) is 4.79 Å². The number of hydrogen-bond donors (Lipinski definition) is 2. The molecule has 1 aromatic rings. The van der Waals surface area contributed by atoms with Crippen LogP contribution in [0.1, 0.15) is 41.6 Å². The second-order valence-electron chi connectivity index (χ2n) is 6.22. The number of anilines is 1. The smallest absolute Gasteiger partial charge is 0.251 e. The maximum Gasteiger partial charge on any atom is 0.251 e. The molecule has 114 valence electrons. The van der Waals surface area contributed by atoms with Crippen molar-refractivity contribution in [1.29, 1.82) is 0 Å². The van der Waals surface area contributed by atoms with Crippen LogP contribution in [-0.2, 0) is 6.42 Å². The first-order valence-corrected chi connectivity index (χ1v) is 8.09.